The molecule has 2 atom stereocenters. The largest absolute Gasteiger partial charge is 0.461 e. The van der Waals surface area contributed by atoms with E-state index in [1.165, 1.54) is 18.2 Å². The summed E-state index contributed by atoms with van der Waals surface area (Å²) in [6.45, 7) is 2.13. The molecule has 0 bridgehead atoms. The number of amides is 3. The van der Waals surface area contributed by atoms with Crippen molar-refractivity contribution in [3.05, 3.63) is 18.4 Å². The first-order valence-corrected chi connectivity index (χ1v) is 9.69. The summed E-state index contributed by atoms with van der Waals surface area (Å²) in [5.74, 6) is 1.35. The van der Waals surface area contributed by atoms with E-state index in [0.29, 0.717) is 22.7 Å². The molecule has 1 aliphatic carbocycles. The highest BCUT2D eigenvalue weighted by Crippen LogP contribution is 2.24. The lowest BCUT2D eigenvalue weighted by molar-refractivity contribution is -0.117. The van der Waals surface area contributed by atoms with Crippen LogP contribution in [0.4, 0.5) is 4.79 Å². The number of urea groups is 1. The number of aromatic nitrogens is 3. The maximum atomic E-state index is 12.0. The van der Waals surface area contributed by atoms with Gasteiger partial charge in [0.1, 0.15) is 0 Å². The number of carbonyl (C=O) groups excluding carboxylic acids is 2. The van der Waals surface area contributed by atoms with Gasteiger partial charge < -0.3 is 14.3 Å². The van der Waals surface area contributed by atoms with Crippen LogP contribution in [0.15, 0.2) is 28.0 Å². The quantitative estimate of drug-likeness (QED) is 0.777. The monoisotopic (exact) mass is 377 g/mol. The van der Waals surface area contributed by atoms with Crippen molar-refractivity contribution in [3.8, 4) is 11.6 Å². The molecule has 3 amide bonds. The van der Waals surface area contributed by atoms with Crippen LogP contribution in [0.5, 0.6) is 0 Å². The second kappa shape index (κ2) is 8.39. The van der Waals surface area contributed by atoms with Crippen LogP contribution in [0.1, 0.15) is 32.6 Å². The summed E-state index contributed by atoms with van der Waals surface area (Å²) in [4.78, 5) is 24.0. The van der Waals surface area contributed by atoms with Crippen molar-refractivity contribution in [2.45, 2.75) is 43.8 Å². The summed E-state index contributed by atoms with van der Waals surface area (Å²) in [6, 6.07) is 3.28. The Labute approximate surface area is 156 Å². The summed E-state index contributed by atoms with van der Waals surface area (Å²) in [7, 11) is 1.80. The molecule has 0 aliphatic heterocycles. The van der Waals surface area contributed by atoms with E-state index in [9.17, 15) is 9.59 Å². The molecule has 2 aromatic rings. The summed E-state index contributed by atoms with van der Waals surface area (Å²) in [5, 5.41) is 14.0. The zero-order chi connectivity index (χ0) is 18.5. The normalized spacial score (nSPS) is 19.9. The third-order valence-corrected chi connectivity index (χ3v) is 5.61. The van der Waals surface area contributed by atoms with Gasteiger partial charge in [0, 0.05) is 13.1 Å². The van der Waals surface area contributed by atoms with Crippen molar-refractivity contribution in [2.24, 2.45) is 13.0 Å². The smallest absolute Gasteiger partial charge is 0.321 e. The molecule has 2 N–H and O–H groups in total. The summed E-state index contributed by atoms with van der Waals surface area (Å²) in [5.41, 5.74) is 0. The number of nitrogens with one attached hydrogen (secondary N) is 2. The summed E-state index contributed by atoms with van der Waals surface area (Å²) >= 11 is 1.22. The van der Waals surface area contributed by atoms with Crippen molar-refractivity contribution in [1.82, 2.24) is 25.4 Å². The van der Waals surface area contributed by atoms with Gasteiger partial charge in [-0.3, -0.25) is 10.1 Å². The molecule has 26 heavy (non-hydrogen) atoms. The Morgan fingerprint density at radius 1 is 1.35 bits per heavy atom. The number of thioether (sulfide) groups is 1. The molecule has 8 nitrogen and oxygen atoms in total. The van der Waals surface area contributed by atoms with Crippen LogP contribution in [-0.2, 0) is 11.8 Å². The lowest BCUT2D eigenvalue weighted by Gasteiger charge is -2.29. The first-order chi connectivity index (χ1) is 12.5. The van der Waals surface area contributed by atoms with Crippen molar-refractivity contribution in [3.63, 3.8) is 0 Å². The zero-order valence-electron chi connectivity index (χ0n) is 14.9. The molecule has 3 rings (SSSR count). The van der Waals surface area contributed by atoms with E-state index >= 15 is 0 Å². The average Bonchev–Trinajstić information content (AvgIpc) is 3.25. The molecule has 0 unspecified atom stereocenters. The van der Waals surface area contributed by atoms with Crippen molar-refractivity contribution >= 4 is 23.7 Å². The Morgan fingerprint density at radius 3 is 2.88 bits per heavy atom. The zero-order valence-corrected chi connectivity index (χ0v) is 15.7. The van der Waals surface area contributed by atoms with Gasteiger partial charge >= 0.3 is 6.03 Å². The van der Waals surface area contributed by atoms with Gasteiger partial charge in [-0.15, -0.1) is 10.2 Å². The third-order valence-electron chi connectivity index (χ3n) is 4.59. The van der Waals surface area contributed by atoms with Crippen LogP contribution in [0.25, 0.3) is 11.6 Å². The van der Waals surface area contributed by atoms with Gasteiger partial charge in [0.2, 0.25) is 5.91 Å². The van der Waals surface area contributed by atoms with Crippen molar-refractivity contribution in [2.75, 3.05) is 5.75 Å². The van der Waals surface area contributed by atoms with Crippen LogP contribution in [0.2, 0.25) is 0 Å². The highest BCUT2D eigenvalue weighted by atomic mass is 32.2. The number of imide groups is 1. The first-order valence-electron chi connectivity index (χ1n) is 8.71. The van der Waals surface area contributed by atoms with Gasteiger partial charge in [-0.05, 0) is 30.9 Å². The van der Waals surface area contributed by atoms with Crippen molar-refractivity contribution in [1.29, 1.82) is 0 Å². The Bertz CT molecular complexity index is 759. The van der Waals surface area contributed by atoms with E-state index in [2.05, 4.69) is 27.8 Å². The number of furan rings is 1. The van der Waals surface area contributed by atoms with Crippen molar-refractivity contribution < 1.29 is 14.0 Å². The molecule has 0 radical (unpaired) electrons. The number of nitrogens with zero attached hydrogens (tertiary/aromatic N) is 3. The van der Waals surface area contributed by atoms with Gasteiger partial charge in [0.05, 0.1) is 12.0 Å². The second-order valence-electron chi connectivity index (χ2n) is 6.52. The lowest BCUT2D eigenvalue weighted by Crippen LogP contribution is -2.48. The molecular weight excluding hydrogens is 354 g/mol. The summed E-state index contributed by atoms with van der Waals surface area (Å²) < 4.78 is 7.06. The maximum Gasteiger partial charge on any atom is 0.321 e. The van der Waals surface area contributed by atoms with E-state index in [0.717, 1.165) is 19.3 Å². The maximum absolute atomic E-state index is 12.0. The van der Waals surface area contributed by atoms with Gasteiger partial charge in [-0.1, -0.05) is 31.5 Å². The Morgan fingerprint density at radius 2 is 2.15 bits per heavy atom. The Kier molecular flexibility index (Phi) is 5.97. The van der Waals surface area contributed by atoms with E-state index in [4.69, 9.17) is 4.42 Å². The molecule has 0 spiro atoms. The lowest BCUT2D eigenvalue weighted by atomic mass is 9.86. The van der Waals surface area contributed by atoms with E-state index in [1.807, 2.05) is 0 Å². The van der Waals surface area contributed by atoms with Gasteiger partial charge in [-0.2, -0.15) is 0 Å². The number of hydrogen-bond acceptors (Lipinski definition) is 6. The van der Waals surface area contributed by atoms with E-state index in [1.54, 1.807) is 30.0 Å². The molecule has 0 saturated heterocycles. The SMILES string of the molecule is C[C@H]1CCCC[C@H]1NC(=O)NC(=O)CSc1nnc(-c2ccco2)n1C. The fourth-order valence-corrected chi connectivity index (χ4v) is 3.80. The number of carbonyl (C=O) groups is 2. The van der Waals surface area contributed by atoms with E-state index < -0.39 is 6.03 Å². The molecule has 1 saturated carbocycles. The fraction of sp³-hybridized carbons (Fsp3) is 0.529. The highest BCUT2D eigenvalue weighted by molar-refractivity contribution is 7.99. The number of rotatable bonds is 5. The molecule has 2 heterocycles. The molecule has 1 fully saturated rings. The van der Waals surface area contributed by atoms with Gasteiger partial charge in [0.15, 0.2) is 16.7 Å². The standard InChI is InChI=1S/C17H23N5O3S/c1-11-6-3-4-7-12(11)18-16(24)19-14(23)10-26-17-21-20-15(22(17)2)13-8-5-9-25-13/h5,8-9,11-12H,3-4,6-7,10H2,1-2H3,(H2,18,19,23,24)/t11-,12+/m0/s1. The van der Waals surface area contributed by atoms with Crippen LogP contribution < -0.4 is 10.6 Å². The molecule has 1 aliphatic rings. The highest BCUT2D eigenvalue weighted by Gasteiger charge is 2.23. The molecule has 140 valence electrons. The molecule has 2 aromatic heterocycles. The van der Waals surface area contributed by atoms with E-state index in [-0.39, 0.29) is 17.7 Å². The first kappa shape index (κ1) is 18.5. The Hall–Kier alpha value is -2.29. The predicted molar refractivity (Wildman–Crippen MR) is 97.5 cm³/mol. The predicted octanol–water partition coefficient (Wildman–Crippen LogP) is 2.57. The van der Waals surface area contributed by atoms with Crippen LogP contribution in [-0.4, -0.2) is 38.5 Å². The third kappa shape index (κ3) is 4.46. The minimum atomic E-state index is -0.427. The van der Waals surface area contributed by atoms with Gasteiger partial charge in [-0.25, -0.2) is 4.79 Å². The average molecular weight is 377 g/mol. The van der Waals surface area contributed by atoms with Crippen LogP contribution >= 0.6 is 11.8 Å². The molecular formula is C17H23N5O3S. The minimum Gasteiger partial charge on any atom is -0.461 e. The molecule has 9 heteroatoms. The molecule has 0 aromatic carbocycles. The Balaban J connectivity index is 1.47. The second-order valence-corrected chi connectivity index (χ2v) is 7.46. The van der Waals surface area contributed by atoms with Crippen LogP contribution in [0, 0.1) is 5.92 Å². The fourth-order valence-electron chi connectivity index (χ4n) is 3.09. The number of hydrogen-bond donors (Lipinski definition) is 2. The van der Waals surface area contributed by atoms with Crippen LogP contribution in [0.3, 0.4) is 0 Å². The van der Waals surface area contributed by atoms with Gasteiger partial charge in [0.25, 0.3) is 0 Å². The summed E-state index contributed by atoms with van der Waals surface area (Å²) in [6.07, 6.45) is 5.96. The minimum absolute atomic E-state index is 0.0811. The topological polar surface area (TPSA) is 102 Å².